The number of nitro groups is 1. The highest BCUT2D eigenvalue weighted by molar-refractivity contribution is 5.96. The number of non-ortho nitro benzene ring substituents is 1. The van der Waals surface area contributed by atoms with E-state index in [1.807, 2.05) is 0 Å². The van der Waals surface area contributed by atoms with Gasteiger partial charge in [-0.25, -0.2) is 10.2 Å². The third kappa shape index (κ3) is 5.13. The van der Waals surface area contributed by atoms with Gasteiger partial charge in [-0.3, -0.25) is 14.9 Å². The average Bonchev–Trinajstić information content (AvgIpc) is 2.84. The molecule has 33 heavy (non-hydrogen) atoms. The summed E-state index contributed by atoms with van der Waals surface area (Å²) in [5.74, 6) is 0.124. The Kier molecular flexibility index (Phi) is 6.26. The fourth-order valence-corrected chi connectivity index (χ4v) is 2.97. The number of hydrogen-bond acceptors (Lipinski definition) is 8. The molecule has 166 valence electrons. The Bertz CT molecular complexity index is 1240. The second-order valence-corrected chi connectivity index (χ2v) is 6.79. The van der Waals surface area contributed by atoms with E-state index in [-0.39, 0.29) is 17.0 Å². The number of hydrogen-bond donors (Lipinski definition) is 1. The third-order valence-electron chi connectivity index (χ3n) is 4.61. The summed E-state index contributed by atoms with van der Waals surface area (Å²) in [7, 11) is 0. The van der Waals surface area contributed by atoms with Gasteiger partial charge in [0.25, 0.3) is 11.6 Å². The van der Waals surface area contributed by atoms with Crippen molar-refractivity contribution in [3.05, 3.63) is 93.5 Å². The van der Waals surface area contributed by atoms with E-state index < -0.39 is 16.8 Å². The number of esters is 1. The first-order chi connectivity index (χ1) is 16.0. The summed E-state index contributed by atoms with van der Waals surface area (Å²) in [6.07, 6.45) is 1.34. The second kappa shape index (κ2) is 9.60. The zero-order chi connectivity index (χ0) is 23.2. The molecule has 0 radical (unpaired) electrons. The third-order valence-corrected chi connectivity index (χ3v) is 4.61. The molecule has 0 bridgehead atoms. The molecule has 3 aromatic rings. The van der Waals surface area contributed by atoms with Crippen LogP contribution in [0.25, 0.3) is 0 Å². The topological polar surface area (TPSA) is 129 Å². The molecule has 4 rings (SSSR count). The lowest BCUT2D eigenvalue weighted by molar-refractivity contribution is -0.384. The fraction of sp³-hybridized carbons (Fsp3) is 0.0870. The summed E-state index contributed by atoms with van der Waals surface area (Å²) in [4.78, 5) is 35.0. The van der Waals surface area contributed by atoms with Gasteiger partial charge in [0, 0.05) is 23.3 Å². The van der Waals surface area contributed by atoms with Gasteiger partial charge in [-0.15, -0.1) is 0 Å². The van der Waals surface area contributed by atoms with Crippen molar-refractivity contribution < 1.29 is 28.7 Å². The Morgan fingerprint density at radius 2 is 1.67 bits per heavy atom. The van der Waals surface area contributed by atoms with Crippen LogP contribution >= 0.6 is 0 Å². The summed E-state index contributed by atoms with van der Waals surface area (Å²) in [6.45, 7) is 0.864. The molecule has 1 heterocycles. The minimum Gasteiger partial charge on any atom is -0.486 e. The minimum atomic E-state index is -0.689. The van der Waals surface area contributed by atoms with Gasteiger partial charge in [-0.05, 0) is 42.5 Å². The number of nitro benzene ring substituents is 1. The first-order valence-corrected chi connectivity index (χ1v) is 9.80. The Hall–Kier alpha value is -4.73. The van der Waals surface area contributed by atoms with Crippen molar-refractivity contribution in [3.8, 4) is 17.2 Å². The molecule has 0 atom stereocenters. The molecule has 0 aliphatic carbocycles. The number of para-hydroxylation sites is 1. The zero-order valence-corrected chi connectivity index (χ0v) is 17.1. The van der Waals surface area contributed by atoms with E-state index in [0.717, 1.165) is 0 Å². The van der Waals surface area contributed by atoms with Gasteiger partial charge in [-0.1, -0.05) is 12.1 Å². The van der Waals surface area contributed by atoms with Crippen LogP contribution in [0.3, 0.4) is 0 Å². The van der Waals surface area contributed by atoms with E-state index in [9.17, 15) is 19.7 Å². The second-order valence-electron chi connectivity index (χ2n) is 6.79. The van der Waals surface area contributed by atoms with E-state index in [2.05, 4.69) is 10.5 Å². The van der Waals surface area contributed by atoms with Crippen LogP contribution < -0.4 is 19.6 Å². The van der Waals surface area contributed by atoms with Crippen LogP contribution in [0.1, 0.15) is 26.3 Å². The Morgan fingerprint density at radius 3 is 2.42 bits per heavy atom. The number of carbonyl (C=O) groups is 2. The Balaban J connectivity index is 1.42. The van der Waals surface area contributed by atoms with Crippen LogP contribution in [-0.2, 0) is 0 Å². The summed E-state index contributed by atoms with van der Waals surface area (Å²) in [5.41, 5.74) is 3.22. The van der Waals surface area contributed by atoms with Crippen LogP contribution in [0.15, 0.2) is 71.8 Å². The molecule has 0 saturated carbocycles. The van der Waals surface area contributed by atoms with Crippen molar-refractivity contribution in [1.82, 2.24) is 5.43 Å². The summed E-state index contributed by atoms with van der Waals surface area (Å²) >= 11 is 0. The predicted octanol–water partition coefficient (Wildman–Crippen LogP) is 3.35. The largest absolute Gasteiger partial charge is 0.486 e. The highest BCUT2D eigenvalue weighted by Crippen LogP contribution is 2.30. The first-order valence-electron chi connectivity index (χ1n) is 9.80. The van der Waals surface area contributed by atoms with Gasteiger partial charge in [-0.2, -0.15) is 5.10 Å². The SMILES string of the molecule is O=C(N/N=C/c1ccccc1OC(=O)c1ccc([N+](=O)[O-])cc1)c1ccc2c(c1)OCCO2. The standard InChI is InChI=1S/C23H17N3O7/c27-22(16-7-10-20-21(13-16)32-12-11-31-20)25-24-14-17-3-1-2-4-19(17)33-23(28)15-5-8-18(9-6-15)26(29)30/h1-10,13-14H,11-12H2,(H,25,27)/b24-14+. The normalized spacial score (nSPS) is 12.2. The molecule has 1 aliphatic heterocycles. The van der Waals surface area contributed by atoms with Gasteiger partial charge < -0.3 is 14.2 Å². The number of hydrazone groups is 1. The van der Waals surface area contributed by atoms with Crippen LogP contribution in [0.5, 0.6) is 17.2 Å². The molecule has 0 unspecified atom stereocenters. The quantitative estimate of drug-likeness (QED) is 0.202. The molecule has 10 nitrogen and oxygen atoms in total. The number of nitrogens with one attached hydrogen (secondary N) is 1. The fourth-order valence-electron chi connectivity index (χ4n) is 2.97. The van der Waals surface area contributed by atoms with Gasteiger partial charge in [0.15, 0.2) is 11.5 Å². The number of fused-ring (bicyclic) bond motifs is 1. The lowest BCUT2D eigenvalue weighted by Crippen LogP contribution is -2.19. The molecular formula is C23H17N3O7. The molecule has 0 spiro atoms. The van der Waals surface area contributed by atoms with Crippen LogP contribution in [-0.4, -0.2) is 36.2 Å². The highest BCUT2D eigenvalue weighted by atomic mass is 16.6. The highest BCUT2D eigenvalue weighted by Gasteiger charge is 2.15. The molecule has 0 fully saturated rings. The van der Waals surface area contributed by atoms with Crippen molar-refractivity contribution in [2.24, 2.45) is 5.10 Å². The summed E-state index contributed by atoms with van der Waals surface area (Å²) < 4.78 is 16.3. The van der Waals surface area contributed by atoms with Crippen molar-refractivity contribution in [1.29, 1.82) is 0 Å². The minimum absolute atomic E-state index is 0.132. The van der Waals surface area contributed by atoms with Crippen molar-refractivity contribution in [2.45, 2.75) is 0 Å². The number of rotatable bonds is 6. The molecule has 0 saturated heterocycles. The molecule has 10 heteroatoms. The van der Waals surface area contributed by atoms with Gasteiger partial charge in [0.2, 0.25) is 0 Å². The maximum atomic E-state index is 12.4. The lowest BCUT2D eigenvalue weighted by Gasteiger charge is -2.18. The lowest BCUT2D eigenvalue weighted by atomic mass is 10.2. The summed E-state index contributed by atoms with van der Waals surface area (Å²) in [5, 5.41) is 14.7. The predicted molar refractivity (Wildman–Crippen MR) is 117 cm³/mol. The molecule has 0 aromatic heterocycles. The number of amides is 1. The van der Waals surface area contributed by atoms with Crippen molar-refractivity contribution in [3.63, 3.8) is 0 Å². The van der Waals surface area contributed by atoms with E-state index in [1.54, 1.807) is 42.5 Å². The molecule has 1 amide bonds. The van der Waals surface area contributed by atoms with E-state index >= 15 is 0 Å². The van der Waals surface area contributed by atoms with Gasteiger partial charge >= 0.3 is 5.97 Å². The van der Waals surface area contributed by atoms with Crippen molar-refractivity contribution in [2.75, 3.05) is 13.2 Å². The Morgan fingerprint density at radius 1 is 0.970 bits per heavy atom. The number of ether oxygens (including phenoxy) is 3. The zero-order valence-electron chi connectivity index (χ0n) is 17.1. The van der Waals surface area contributed by atoms with Crippen molar-refractivity contribution >= 4 is 23.8 Å². The number of carbonyl (C=O) groups excluding carboxylic acids is 2. The van der Waals surface area contributed by atoms with Crippen LogP contribution in [0.2, 0.25) is 0 Å². The first kappa shape index (κ1) is 21.5. The van der Waals surface area contributed by atoms with Gasteiger partial charge in [0.05, 0.1) is 16.7 Å². The maximum absolute atomic E-state index is 12.4. The number of benzene rings is 3. The van der Waals surface area contributed by atoms with E-state index in [0.29, 0.717) is 35.8 Å². The molecule has 1 aliphatic rings. The van der Waals surface area contributed by atoms with Crippen LogP contribution in [0, 0.1) is 10.1 Å². The molecular weight excluding hydrogens is 430 g/mol. The summed E-state index contributed by atoms with van der Waals surface area (Å²) in [6, 6.07) is 16.5. The molecule has 3 aromatic carbocycles. The average molecular weight is 447 g/mol. The number of nitrogens with zero attached hydrogens (tertiary/aromatic N) is 2. The molecule has 1 N–H and O–H groups in total. The maximum Gasteiger partial charge on any atom is 0.343 e. The van der Waals surface area contributed by atoms with E-state index in [1.165, 1.54) is 30.5 Å². The Labute approximate surface area is 187 Å². The van der Waals surface area contributed by atoms with E-state index in [4.69, 9.17) is 14.2 Å². The smallest absolute Gasteiger partial charge is 0.343 e. The van der Waals surface area contributed by atoms with Crippen LogP contribution in [0.4, 0.5) is 5.69 Å². The van der Waals surface area contributed by atoms with Gasteiger partial charge in [0.1, 0.15) is 19.0 Å². The monoisotopic (exact) mass is 447 g/mol.